The molecule has 1 saturated heterocycles. The van der Waals surface area contributed by atoms with E-state index in [4.69, 9.17) is 16.3 Å². The molecular weight excluding hydrogens is 260 g/mol. The molecule has 4 heteroatoms. The molecule has 1 aromatic carbocycles. The highest BCUT2D eigenvalue weighted by atomic mass is 35.5. The van der Waals surface area contributed by atoms with Gasteiger partial charge in [0.1, 0.15) is 0 Å². The maximum atomic E-state index is 6.18. The van der Waals surface area contributed by atoms with Crippen molar-refractivity contribution < 1.29 is 4.74 Å². The molecule has 1 aromatic rings. The summed E-state index contributed by atoms with van der Waals surface area (Å²) in [5, 5.41) is 4.20. The molecule has 1 heterocycles. The topological polar surface area (TPSA) is 24.5 Å². The van der Waals surface area contributed by atoms with Gasteiger partial charge in [0.25, 0.3) is 0 Å². The number of halogens is 1. The molecule has 1 aliphatic rings. The second-order valence-electron chi connectivity index (χ2n) is 4.88. The number of benzene rings is 1. The first-order valence-corrected chi connectivity index (χ1v) is 7.47. The van der Waals surface area contributed by atoms with Gasteiger partial charge >= 0.3 is 0 Å². The van der Waals surface area contributed by atoms with Crippen LogP contribution in [0.4, 0.5) is 5.69 Å². The molecule has 0 aliphatic carbocycles. The molecule has 1 unspecified atom stereocenters. The highest BCUT2D eigenvalue weighted by molar-refractivity contribution is 6.30. The smallest absolute Gasteiger partial charge is 0.0670 e. The van der Waals surface area contributed by atoms with E-state index in [0.717, 1.165) is 44.3 Å². The van der Waals surface area contributed by atoms with E-state index in [1.54, 1.807) is 0 Å². The van der Waals surface area contributed by atoms with Crippen LogP contribution < -0.4 is 10.2 Å². The van der Waals surface area contributed by atoms with Crippen molar-refractivity contribution >= 4 is 17.3 Å². The predicted molar refractivity (Wildman–Crippen MR) is 81.1 cm³/mol. The lowest BCUT2D eigenvalue weighted by Gasteiger charge is -2.38. The van der Waals surface area contributed by atoms with E-state index in [1.807, 2.05) is 6.07 Å². The lowest BCUT2D eigenvalue weighted by Crippen LogP contribution is -2.45. The van der Waals surface area contributed by atoms with E-state index < -0.39 is 0 Å². The summed E-state index contributed by atoms with van der Waals surface area (Å²) in [6, 6.07) is 6.64. The van der Waals surface area contributed by atoms with Crippen molar-refractivity contribution in [1.29, 1.82) is 0 Å². The van der Waals surface area contributed by atoms with Crippen LogP contribution in [-0.2, 0) is 11.3 Å². The van der Waals surface area contributed by atoms with E-state index in [0.29, 0.717) is 6.04 Å². The van der Waals surface area contributed by atoms with Gasteiger partial charge in [-0.2, -0.15) is 0 Å². The number of anilines is 1. The maximum Gasteiger partial charge on any atom is 0.0670 e. The van der Waals surface area contributed by atoms with Crippen molar-refractivity contribution in [2.45, 2.75) is 32.9 Å². The third-order valence-electron chi connectivity index (χ3n) is 3.62. The Kier molecular flexibility index (Phi) is 5.49. The Hall–Kier alpha value is -0.770. The Labute approximate surface area is 120 Å². The van der Waals surface area contributed by atoms with Crippen LogP contribution in [0.5, 0.6) is 0 Å². The quantitative estimate of drug-likeness (QED) is 0.898. The molecule has 0 spiro atoms. The van der Waals surface area contributed by atoms with Crippen LogP contribution >= 0.6 is 11.6 Å². The fraction of sp³-hybridized carbons (Fsp3) is 0.600. The standard InChI is InChI=1S/C15H23ClN2O/c1-3-14-11-19-8-7-18(14)15-9-13(16)6-5-12(15)10-17-4-2/h5-6,9,14,17H,3-4,7-8,10-11H2,1-2H3. The highest BCUT2D eigenvalue weighted by Crippen LogP contribution is 2.28. The van der Waals surface area contributed by atoms with Gasteiger partial charge in [0.2, 0.25) is 0 Å². The van der Waals surface area contributed by atoms with Crippen molar-refractivity contribution in [1.82, 2.24) is 5.32 Å². The molecule has 2 rings (SSSR count). The van der Waals surface area contributed by atoms with Gasteiger partial charge in [0.05, 0.1) is 19.3 Å². The van der Waals surface area contributed by atoms with Gasteiger partial charge in [0, 0.05) is 23.8 Å². The van der Waals surface area contributed by atoms with Gasteiger partial charge in [-0.25, -0.2) is 0 Å². The molecule has 0 amide bonds. The number of hydrogen-bond acceptors (Lipinski definition) is 3. The van der Waals surface area contributed by atoms with Crippen molar-refractivity contribution in [3.8, 4) is 0 Å². The Balaban J connectivity index is 2.26. The SMILES string of the molecule is CCNCc1ccc(Cl)cc1N1CCOCC1CC. The van der Waals surface area contributed by atoms with Crippen LogP contribution in [0.1, 0.15) is 25.8 Å². The number of rotatable bonds is 5. The average Bonchev–Trinajstić information content (AvgIpc) is 2.46. The summed E-state index contributed by atoms with van der Waals surface area (Å²) in [7, 11) is 0. The summed E-state index contributed by atoms with van der Waals surface area (Å²) in [5.41, 5.74) is 2.57. The number of hydrogen-bond donors (Lipinski definition) is 1. The van der Waals surface area contributed by atoms with Crippen molar-refractivity contribution in [3.63, 3.8) is 0 Å². The summed E-state index contributed by atoms with van der Waals surface area (Å²) < 4.78 is 5.59. The second kappa shape index (κ2) is 7.13. The molecule has 1 fully saturated rings. The molecular formula is C15H23ClN2O. The monoisotopic (exact) mass is 282 g/mol. The lowest BCUT2D eigenvalue weighted by atomic mass is 10.1. The van der Waals surface area contributed by atoms with Crippen molar-refractivity contribution in [2.75, 3.05) is 31.2 Å². The third-order valence-corrected chi connectivity index (χ3v) is 3.86. The molecule has 1 atom stereocenters. The van der Waals surface area contributed by atoms with E-state index in [-0.39, 0.29) is 0 Å². The zero-order valence-electron chi connectivity index (χ0n) is 11.8. The minimum Gasteiger partial charge on any atom is -0.377 e. The summed E-state index contributed by atoms with van der Waals surface area (Å²) in [6.07, 6.45) is 1.09. The second-order valence-corrected chi connectivity index (χ2v) is 5.32. The summed E-state index contributed by atoms with van der Waals surface area (Å²) in [6.45, 7) is 8.74. The van der Waals surface area contributed by atoms with Crippen LogP contribution in [0.25, 0.3) is 0 Å². The summed E-state index contributed by atoms with van der Waals surface area (Å²) in [4.78, 5) is 2.45. The predicted octanol–water partition coefficient (Wildman–Crippen LogP) is 3.06. The molecule has 106 valence electrons. The Morgan fingerprint density at radius 2 is 2.26 bits per heavy atom. The van der Waals surface area contributed by atoms with Crippen molar-refractivity contribution in [2.24, 2.45) is 0 Å². The van der Waals surface area contributed by atoms with Crippen LogP contribution in [0, 0.1) is 0 Å². The number of nitrogens with one attached hydrogen (secondary N) is 1. The minimum atomic E-state index is 0.451. The first kappa shape index (κ1) is 14.6. The van der Waals surface area contributed by atoms with Crippen molar-refractivity contribution in [3.05, 3.63) is 28.8 Å². The number of nitrogens with zero attached hydrogens (tertiary/aromatic N) is 1. The van der Waals surface area contributed by atoms with E-state index in [1.165, 1.54) is 11.3 Å². The van der Waals surface area contributed by atoms with Gasteiger partial charge in [-0.1, -0.05) is 31.5 Å². The summed E-state index contributed by atoms with van der Waals surface area (Å²) >= 11 is 6.18. The molecule has 0 radical (unpaired) electrons. The number of ether oxygens (including phenoxy) is 1. The highest BCUT2D eigenvalue weighted by Gasteiger charge is 2.23. The van der Waals surface area contributed by atoms with E-state index >= 15 is 0 Å². The van der Waals surface area contributed by atoms with Gasteiger partial charge in [-0.05, 0) is 30.7 Å². The fourth-order valence-electron chi connectivity index (χ4n) is 2.52. The zero-order valence-corrected chi connectivity index (χ0v) is 12.5. The van der Waals surface area contributed by atoms with E-state index in [9.17, 15) is 0 Å². The normalized spacial score (nSPS) is 19.7. The molecule has 1 aliphatic heterocycles. The van der Waals surface area contributed by atoms with Gasteiger partial charge in [-0.3, -0.25) is 0 Å². The van der Waals surface area contributed by atoms with Crippen LogP contribution in [0.3, 0.4) is 0 Å². The molecule has 1 N–H and O–H groups in total. The minimum absolute atomic E-state index is 0.451. The largest absolute Gasteiger partial charge is 0.377 e. The lowest BCUT2D eigenvalue weighted by molar-refractivity contribution is 0.0929. The Bertz CT molecular complexity index is 411. The van der Waals surface area contributed by atoms with Gasteiger partial charge in [-0.15, -0.1) is 0 Å². The molecule has 0 aromatic heterocycles. The maximum absolute atomic E-state index is 6.18. The van der Waals surface area contributed by atoms with E-state index in [2.05, 4.69) is 36.2 Å². The average molecular weight is 283 g/mol. The number of morpholine rings is 1. The summed E-state index contributed by atoms with van der Waals surface area (Å²) in [5.74, 6) is 0. The first-order valence-electron chi connectivity index (χ1n) is 7.09. The van der Waals surface area contributed by atoms with Crippen LogP contribution in [0.15, 0.2) is 18.2 Å². The van der Waals surface area contributed by atoms with Crippen LogP contribution in [-0.4, -0.2) is 32.3 Å². The first-order chi connectivity index (χ1) is 9.26. The molecule has 19 heavy (non-hydrogen) atoms. The van der Waals surface area contributed by atoms with Crippen LogP contribution in [0.2, 0.25) is 5.02 Å². The Morgan fingerprint density at radius 1 is 1.42 bits per heavy atom. The van der Waals surface area contributed by atoms with Gasteiger partial charge in [0.15, 0.2) is 0 Å². The third kappa shape index (κ3) is 3.62. The Morgan fingerprint density at radius 3 is 3.00 bits per heavy atom. The van der Waals surface area contributed by atoms with Gasteiger partial charge < -0.3 is 15.0 Å². The molecule has 0 bridgehead atoms. The zero-order chi connectivity index (χ0) is 13.7. The molecule has 0 saturated carbocycles. The fourth-order valence-corrected chi connectivity index (χ4v) is 2.69. The molecule has 3 nitrogen and oxygen atoms in total.